The molecule has 110 valence electrons. The predicted molar refractivity (Wildman–Crippen MR) is 80.3 cm³/mol. The van der Waals surface area contributed by atoms with Crippen LogP contribution in [-0.4, -0.2) is 40.0 Å². The summed E-state index contributed by atoms with van der Waals surface area (Å²) in [5, 5.41) is 9.67. The fourth-order valence-electron chi connectivity index (χ4n) is 2.22. The second-order valence-electron chi connectivity index (χ2n) is 4.86. The number of benzene rings is 1. The lowest BCUT2D eigenvalue weighted by Gasteiger charge is -2.20. The lowest BCUT2D eigenvalue weighted by Crippen LogP contribution is -2.33. The van der Waals surface area contributed by atoms with Gasteiger partial charge in [0.1, 0.15) is 0 Å². The van der Waals surface area contributed by atoms with Crippen molar-refractivity contribution >= 4 is 22.8 Å². The molecule has 2 aromatic rings. The van der Waals surface area contributed by atoms with Crippen molar-refractivity contribution in [3.63, 3.8) is 0 Å². The van der Waals surface area contributed by atoms with Gasteiger partial charge >= 0.3 is 5.97 Å². The summed E-state index contributed by atoms with van der Waals surface area (Å²) in [7, 11) is 0. The number of para-hydroxylation sites is 1. The molecule has 0 spiro atoms. The van der Waals surface area contributed by atoms with E-state index in [1.807, 2.05) is 38.1 Å². The van der Waals surface area contributed by atoms with Gasteiger partial charge in [-0.05, 0) is 26.0 Å². The van der Waals surface area contributed by atoms with Gasteiger partial charge in [-0.15, -0.1) is 0 Å². The maximum Gasteiger partial charge on any atom is 0.305 e. The number of carbonyl (C=O) groups excluding carboxylic acids is 1. The second-order valence-corrected chi connectivity index (χ2v) is 4.86. The van der Waals surface area contributed by atoms with Gasteiger partial charge in [0, 0.05) is 24.2 Å². The number of aromatic nitrogens is 1. The highest BCUT2D eigenvalue weighted by molar-refractivity contribution is 6.05. The molecule has 1 heterocycles. The molecule has 0 radical (unpaired) electrons. The number of fused-ring (bicyclic) bond motifs is 1. The molecule has 1 N–H and O–H groups in total. The summed E-state index contributed by atoms with van der Waals surface area (Å²) >= 11 is 0. The van der Waals surface area contributed by atoms with E-state index in [0.29, 0.717) is 17.6 Å². The van der Waals surface area contributed by atoms with E-state index in [0.717, 1.165) is 11.1 Å². The van der Waals surface area contributed by atoms with E-state index >= 15 is 0 Å². The fourth-order valence-corrected chi connectivity index (χ4v) is 2.22. The summed E-state index contributed by atoms with van der Waals surface area (Å²) in [6.45, 7) is 4.38. The van der Waals surface area contributed by atoms with E-state index in [1.165, 1.54) is 4.90 Å². The Hall–Kier alpha value is -2.43. The van der Waals surface area contributed by atoms with Gasteiger partial charge in [-0.1, -0.05) is 18.2 Å². The maximum atomic E-state index is 12.6. The monoisotopic (exact) mass is 286 g/mol. The molecule has 1 aromatic heterocycles. The smallest absolute Gasteiger partial charge is 0.305 e. The molecule has 5 heteroatoms. The van der Waals surface area contributed by atoms with Gasteiger partial charge in [0.2, 0.25) is 0 Å². The molecule has 0 unspecified atom stereocenters. The van der Waals surface area contributed by atoms with Gasteiger partial charge < -0.3 is 10.0 Å². The molecule has 0 atom stereocenters. The largest absolute Gasteiger partial charge is 0.481 e. The molecule has 0 aliphatic carbocycles. The topological polar surface area (TPSA) is 70.5 Å². The minimum Gasteiger partial charge on any atom is -0.481 e. The van der Waals surface area contributed by atoms with Crippen LogP contribution in [0.2, 0.25) is 0 Å². The Bertz CT molecular complexity index is 682. The van der Waals surface area contributed by atoms with Crippen molar-refractivity contribution in [1.82, 2.24) is 9.88 Å². The van der Waals surface area contributed by atoms with E-state index in [4.69, 9.17) is 5.11 Å². The molecule has 0 aliphatic heterocycles. The fraction of sp³-hybridized carbons (Fsp3) is 0.312. The van der Waals surface area contributed by atoms with Gasteiger partial charge in [-0.2, -0.15) is 0 Å². The first-order valence-electron chi connectivity index (χ1n) is 6.90. The van der Waals surface area contributed by atoms with Crippen LogP contribution in [0, 0.1) is 6.92 Å². The Morgan fingerprint density at radius 1 is 1.24 bits per heavy atom. The van der Waals surface area contributed by atoms with E-state index in [-0.39, 0.29) is 18.9 Å². The SMILES string of the molecule is CCN(CCC(=O)O)C(=O)c1cccc2ccc(C)nc12. The average molecular weight is 286 g/mol. The van der Waals surface area contributed by atoms with Gasteiger partial charge in [0.15, 0.2) is 0 Å². The van der Waals surface area contributed by atoms with Crippen molar-refractivity contribution in [2.75, 3.05) is 13.1 Å². The zero-order valence-electron chi connectivity index (χ0n) is 12.2. The summed E-state index contributed by atoms with van der Waals surface area (Å²) in [6.07, 6.45) is -0.0587. The molecule has 0 saturated carbocycles. The number of hydrogen-bond acceptors (Lipinski definition) is 3. The molecule has 1 amide bonds. The van der Waals surface area contributed by atoms with Crippen molar-refractivity contribution < 1.29 is 14.7 Å². The van der Waals surface area contributed by atoms with Crippen molar-refractivity contribution in [3.05, 3.63) is 41.6 Å². The number of pyridine rings is 1. The van der Waals surface area contributed by atoms with Crippen LogP contribution in [0.15, 0.2) is 30.3 Å². The van der Waals surface area contributed by atoms with Gasteiger partial charge in [0.25, 0.3) is 5.91 Å². The molecule has 0 fully saturated rings. The predicted octanol–water partition coefficient (Wildman–Crippen LogP) is 2.48. The number of nitrogens with zero attached hydrogens (tertiary/aromatic N) is 2. The Kier molecular flexibility index (Phi) is 4.52. The Balaban J connectivity index is 2.37. The minimum absolute atomic E-state index is 0.0587. The van der Waals surface area contributed by atoms with E-state index < -0.39 is 5.97 Å². The van der Waals surface area contributed by atoms with Crippen LogP contribution in [0.3, 0.4) is 0 Å². The van der Waals surface area contributed by atoms with E-state index in [2.05, 4.69) is 4.98 Å². The molecule has 5 nitrogen and oxygen atoms in total. The van der Waals surface area contributed by atoms with Crippen LogP contribution in [0.5, 0.6) is 0 Å². The number of amides is 1. The third-order valence-corrected chi connectivity index (χ3v) is 3.35. The van der Waals surface area contributed by atoms with Crippen molar-refractivity contribution in [1.29, 1.82) is 0 Å². The van der Waals surface area contributed by atoms with Crippen LogP contribution in [-0.2, 0) is 4.79 Å². The van der Waals surface area contributed by atoms with Crippen LogP contribution >= 0.6 is 0 Å². The number of carboxylic acids is 1. The molecule has 1 aromatic carbocycles. The first kappa shape index (κ1) is 15.0. The third-order valence-electron chi connectivity index (χ3n) is 3.35. The molecule has 0 aliphatic rings. The summed E-state index contributed by atoms with van der Waals surface area (Å²) < 4.78 is 0. The third kappa shape index (κ3) is 3.37. The van der Waals surface area contributed by atoms with Crippen LogP contribution in [0.25, 0.3) is 10.9 Å². The molecular weight excluding hydrogens is 268 g/mol. The van der Waals surface area contributed by atoms with Crippen molar-refractivity contribution in [2.24, 2.45) is 0 Å². The number of carbonyl (C=O) groups is 2. The summed E-state index contributed by atoms with van der Waals surface area (Å²) in [4.78, 5) is 29.3. The summed E-state index contributed by atoms with van der Waals surface area (Å²) in [5.41, 5.74) is 2.02. The number of rotatable bonds is 5. The van der Waals surface area contributed by atoms with Gasteiger partial charge in [0.05, 0.1) is 17.5 Å². The highest BCUT2D eigenvalue weighted by atomic mass is 16.4. The second kappa shape index (κ2) is 6.35. The number of hydrogen-bond donors (Lipinski definition) is 1. The average Bonchev–Trinajstić information content (AvgIpc) is 2.46. The van der Waals surface area contributed by atoms with E-state index in [9.17, 15) is 9.59 Å². The zero-order valence-corrected chi connectivity index (χ0v) is 12.2. The molecule has 0 bridgehead atoms. The maximum absolute atomic E-state index is 12.6. The lowest BCUT2D eigenvalue weighted by molar-refractivity contribution is -0.137. The summed E-state index contributed by atoms with van der Waals surface area (Å²) in [6, 6.07) is 9.30. The normalized spacial score (nSPS) is 10.6. The Labute approximate surface area is 123 Å². The molecule has 0 saturated heterocycles. The quantitative estimate of drug-likeness (QED) is 0.916. The number of aliphatic carboxylic acids is 1. The highest BCUT2D eigenvalue weighted by Gasteiger charge is 2.18. The van der Waals surface area contributed by atoms with Gasteiger partial charge in [-0.25, -0.2) is 0 Å². The Morgan fingerprint density at radius 2 is 2.00 bits per heavy atom. The number of carboxylic acid groups (broad SMARTS) is 1. The number of aryl methyl sites for hydroxylation is 1. The molecule has 21 heavy (non-hydrogen) atoms. The summed E-state index contributed by atoms with van der Waals surface area (Å²) in [5.74, 6) is -1.09. The first-order chi connectivity index (χ1) is 10.0. The Morgan fingerprint density at radius 3 is 2.67 bits per heavy atom. The first-order valence-corrected chi connectivity index (χ1v) is 6.90. The van der Waals surface area contributed by atoms with Crippen LogP contribution < -0.4 is 0 Å². The molecule has 2 rings (SSSR count). The minimum atomic E-state index is -0.909. The van der Waals surface area contributed by atoms with Gasteiger partial charge in [-0.3, -0.25) is 14.6 Å². The van der Waals surface area contributed by atoms with Crippen LogP contribution in [0.4, 0.5) is 0 Å². The zero-order chi connectivity index (χ0) is 15.4. The van der Waals surface area contributed by atoms with Crippen molar-refractivity contribution in [2.45, 2.75) is 20.3 Å². The van der Waals surface area contributed by atoms with Crippen LogP contribution in [0.1, 0.15) is 29.4 Å². The highest BCUT2D eigenvalue weighted by Crippen LogP contribution is 2.19. The van der Waals surface area contributed by atoms with E-state index in [1.54, 1.807) is 6.07 Å². The van der Waals surface area contributed by atoms with Crippen molar-refractivity contribution in [3.8, 4) is 0 Å². The standard InChI is InChI=1S/C16H18N2O3/c1-3-18(10-9-14(19)20)16(21)13-6-4-5-12-8-7-11(2)17-15(12)13/h4-8H,3,9-10H2,1-2H3,(H,19,20). The molecular formula is C16H18N2O3. The lowest BCUT2D eigenvalue weighted by atomic mass is 10.1.